The largest absolute Gasteiger partial charge is 0.356 e. The molecule has 0 saturated carbocycles. The molecule has 1 rings (SSSR count). The lowest BCUT2D eigenvalue weighted by atomic mass is 10.2. The zero-order chi connectivity index (χ0) is 17.2. The molecule has 2 N–H and O–H groups in total. The van der Waals surface area contributed by atoms with Crippen molar-refractivity contribution in [2.75, 3.05) is 33.7 Å². The molecule has 0 aliphatic rings. The lowest BCUT2D eigenvalue weighted by molar-refractivity contribution is -0.127. The highest BCUT2D eigenvalue weighted by Gasteiger charge is 2.04. The summed E-state index contributed by atoms with van der Waals surface area (Å²) in [6.07, 6.45) is 2.53. The van der Waals surface area contributed by atoms with Crippen LogP contribution in [0.2, 0.25) is 5.15 Å². The third-order valence-corrected chi connectivity index (χ3v) is 3.15. The van der Waals surface area contributed by atoms with E-state index in [2.05, 4.69) is 27.2 Å². The van der Waals surface area contributed by atoms with E-state index in [9.17, 15) is 4.79 Å². The van der Waals surface area contributed by atoms with Gasteiger partial charge in [0.1, 0.15) is 11.7 Å². The van der Waals surface area contributed by atoms with Crippen LogP contribution in [0.15, 0.2) is 35.5 Å². The minimum atomic E-state index is -0.0525. The fourth-order valence-electron chi connectivity index (χ4n) is 1.58. The van der Waals surface area contributed by atoms with E-state index in [4.69, 9.17) is 11.6 Å². The van der Waals surface area contributed by atoms with Gasteiger partial charge in [-0.1, -0.05) is 29.8 Å². The Morgan fingerprint density at radius 2 is 2.13 bits per heavy atom. The molecule has 7 heteroatoms. The summed E-state index contributed by atoms with van der Waals surface area (Å²) < 4.78 is 0. The molecule has 0 bridgehead atoms. The molecule has 0 saturated heterocycles. The molecule has 0 aromatic carbocycles. The second-order valence-electron chi connectivity index (χ2n) is 5.43. The van der Waals surface area contributed by atoms with Crippen molar-refractivity contribution in [3.63, 3.8) is 0 Å². The van der Waals surface area contributed by atoms with E-state index >= 15 is 0 Å². The maximum absolute atomic E-state index is 11.6. The fraction of sp³-hybridized carbons (Fsp3) is 0.438. The third kappa shape index (κ3) is 8.21. The van der Waals surface area contributed by atoms with Crippen LogP contribution >= 0.6 is 11.6 Å². The van der Waals surface area contributed by atoms with Crippen molar-refractivity contribution in [2.45, 2.75) is 13.3 Å². The van der Waals surface area contributed by atoms with E-state index in [1.54, 1.807) is 26.4 Å². The van der Waals surface area contributed by atoms with Gasteiger partial charge in [0.25, 0.3) is 0 Å². The van der Waals surface area contributed by atoms with Crippen molar-refractivity contribution in [3.8, 4) is 0 Å². The minimum Gasteiger partial charge on any atom is -0.356 e. The van der Waals surface area contributed by atoms with Crippen molar-refractivity contribution in [1.29, 1.82) is 0 Å². The van der Waals surface area contributed by atoms with Crippen molar-refractivity contribution < 1.29 is 4.79 Å². The van der Waals surface area contributed by atoms with Gasteiger partial charge in [0.15, 0.2) is 5.96 Å². The molecule has 1 aromatic rings. The summed E-state index contributed by atoms with van der Waals surface area (Å²) in [5.74, 6) is 0.536. The first-order valence-electron chi connectivity index (χ1n) is 7.35. The van der Waals surface area contributed by atoms with Gasteiger partial charge in [-0.3, -0.25) is 4.79 Å². The van der Waals surface area contributed by atoms with Gasteiger partial charge in [-0.25, -0.2) is 9.98 Å². The van der Waals surface area contributed by atoms with Crippen LogP contribution in [0, 0.1) is 0 Å². The number of nitrogens with zero attached hydrogens (tertiary/aromatic N) is 3. The number of rotatable bonds is 7. The smallest absolute Gasteiger partial charge is 0.243 e. The number of pyridine rings is 1. The van der Waals surface area contributed by atoms with Crippen LogP contribution in [0.25, 0.3) is 0 Å². The highest BCUT2D eigenvalue weighted by Crippen LogP contribution is 2.05. The monoisotopic (exact) mass is 337 g/mol. The lowest BCUT2D eigenvalue weighted by Crippen LogP contribution is -2.40. The third-order valence-electron chi connectivity index (χ3n) is 2.92. The molecule has 0 aliphatic heterocycles. The van der Waals surface area contributed by atoms with Crippen LogP contribution in [-0.2, 0) is 11.2 Å². The molecule has 0 radical (unpaired) electrons. The molecule has 6 nitrogen and oxygen atoms in total. The highest BCUT2D eigenvalue weighted by molar-refractivity contribution is 6.29. The zero-order valence-corrected chi connectivity index (χ0v) is 14.7. The Balaban J connectivity index is 2.54. The van der Waals surface area contributed by atoms with Gasteiger partial charge in [0, 0.05) is 33.4 Å². The summed E-state index contributed by atoms with van der Waals surface area (Å²) in [4.78, 5) is 21.5. The van der Waals surface area contributed by atoms with E-state index < -0.39 is 0 Å². The van der Waals surface area contributed by atoms with E-state index in [1.807, 2.05) is 13.0 Å². The molecule has 0 fully saturated rings. The molecule has 1 aromatic heterocycles. The summed E-state index contributed by atoms with van der Waals surface area (Å²) in [5, 5.41) is 6.82. The van der Waals surface area contributed by atoms with Crippen molar-refractivity contribution >= 4 is 23.5 Å². The Hall–Kier alpha value is -2.08. The molecule has 126 valence electrons. The highest BCUT2D eigenvalue weighted by atomic mass is 35.5. The molecule has 0 unspecified atom stereocenters. The maximum atomic E-state index is 11.6. The number of hydrogen-bond acceptors (Lipinski definition) is 3. The second-order valence-corrected chi connectivity index (χ2v) is 5.82. The molecule has 1 heterocycles. The molecule has 1 amide bonds. The van der Waals surface area contributed by atoms with Crippen LogP contribution < -0.4 is 10.6 Å². The van der Waals surface area contributed by atoms with Crippen LogP contribution in [0.1, 0.15) is 12.5 Å². The summed E-state index contributed by atoms with van der Waals surface area (Å²) in [6.45, 7) is 7.14. The number of aliphatic imine (C=N–C) groups is 1. The SMILES string of the molecule is C=C(C)CNC(=NCC(=O)N(C)C)NCCc1ccc(Cl)nc1. The number of hydrogen-bond donors (Lipinski definition) is 2. The second kappa shape index (κ2) is 9.84. The first-order chi connectivity index (χ1) is 10.9. The number of aromatic nitrogens is 1. The molecule has 0 aliphatic carbocycles. The standard InChI is InChI=1S/C16H24ClN5O/c1-12(2)9-20-16(21-11-15(23)22(3)4)18-8-7-13-5-6-14(17)19-10-13/h5-6,10H,1,7-9,11H2,2-4H3,(H2,18,20,21). The van der Waals surface area contributed by atoms with Crippen LogP contribution in [0.3, 0.4) is 0 Å². The van der Waals surface area contributed by atoms with Gasteiger partial charge in [0.05, 0.1) is 0 Å². The van der Waals surface area contributed by atoms with Gasteiger partial charge in [-0.05, 0) is 25.0 Å². The zero-order valence-electron chi connectivity index (χ0n) is 13.9. The number of nitrogens with one attached hydrogen (secondary N) is 2. The molecular formula is C16H24ClN5O. The quantitative estimate of drug-likeness (QED) is 0.342. The Labute approximate surface area is 142 Å². The summed E-state index contributed by atoms with van der Waals surface area (Å²) in [5.41, 5.74) is 2.06. The fourth-order valence-corrected chi connectivity index (χ4v) is 1.69. The van der Waals surface area contributed by atoms with Crippen LogP contribution in [0.5, 0.6) is 0 Å². The number of guanidine groups is 1. The average molecular weight is 338 g/mol. The summed E-state index contributed by atoms with van der Waals surface area (Å²) in [7, 11) is 3.42. The van der Waals surface area contributed by atoms with E-state index in [1.165, 1.54) is 4.90 Å². The van der Waals surface area contributed by atoms with Gasteiger partial charge in [-0.15, -0.1) is 0 Å². The van der Waals surface area contributed by atoms with Crippen LogP contribution in [0.4, 0.5) is 0 Å². The predicted molar refractivity (Wildman–Crippen MR) is 94.8 cm³/mol. The Morgan fingerprint density at radius 1 is 1.39 bits per heavy atom. The summed E-state index contributed by atoms with van der Waals surface area (Å²) >= 11 is 5.76. The van der Waals surface area contributed by atoms with Crippen LogP contribution in [-0.4, -0.2) is 55.5 Å². The normalized spacial score (nSPS) is 11.0. The average Bonchev–Trinajstić information content (AvgIpc) is 2.50. The summed E-state index contributed by atoms with van der Waals surface area (Å²) in [6, 6.07) is 3.70. The first-order valence-corrected chi connectivity index (χ1v) is 7.73. The van der Waals surface area contributed by atoms with Gasteiger partial charge in [0.2, 0.25) is 5.91 Å². The van der Waals surface area contributed by atoms with Gasteiger partial charge >= 0.3 is 0 Å². The van der Waals surface area contributed by atoms with Gasteiger partial charge < -0.3 is 15.5 Å². The number of amides is 1. The van der Waals surface area contributed by atoms with Gasteiger partial charge in [-0.2, -0.15) is 0 Å². The molecular weight excluding hydrogens is 314 g/mol. The van der Waals surface area contributed by atoms with E-state index in [0.29, 0.717) is 24.2 Å². The molecule has 0 atom stereocenters. The van der Waals surface area contributed by atoms with Crippen molar-refractivity contribution in [3.05, 3.63) is 41.2 Å². The number of likely N-dealkylation sites (N-methyl/N-ethyl adjacent to an activating group) is 1. The number of carbonyl (C=O) groups is 1. The first kappa shape index (κ1) is 19.0. The Kier molecular flexibility index (Phi) is 8.11. The maximum Gasteiger partial charge on any atom is 0.243 e. The predicted octanol–water partition coefficient (Wildman–Crippen LogP) is 1.48. The number of carbonyl (C=O) groups excluding carboxylic acids is 1. The lowest BCUT2D eigenvalue weighted by Gasteiger charge is -2.13. The molecule has 0 spiro atoms. The topological polar surface area (TPSA) is 69.6 Å². The van der Waals surface area contributed by atoms with Crippen molar-refractivity contribution in [2.24, 2.45) is 4.99 Å². The van der Waals surface area contributed by atoms with Crippen molar-refractivity contribution in [1.82, 2.24) is 20.5 Å². The van der Waals surface area contributed by atoms with E-state index in [0.717, 1.165) is 17.6 Å². The van der Waals surface area contributed by atoms with E-state index in [-0.39, 0.29) is 12.5 Å². The molecule has 23 heavy (non-hydrogen) atoms. The Bertz CT molecular complexity index is 554. The Morgan fingerprint density at radius 3 is 2.70 bits per heavy atom. The minimum absolute atomic E-state index is 0.0525. The number of halogens is 1.